The fourth-order valence-corrected chi connectivity index (χ4v) is 5.66. The van der Waals surface area contributed by atoms with Crippen molar-refractivity contribution in [3.8, 4) is 5.75 Å². The van der Waals surface area contributed by atoms with Crippen LogP contribution in [0.3, 0.4) is 0 Å². The van der Waals surface area contributed by atoms with Crippen molar-refractivity contribution in [3.05, 3.63) is 53.3 Å². The van der Waals surface area contributed by atoms with Crippen molar-refractivity contribution in [1.29, 1.82) is 0 Å². The number of aliphatic carboxylic acids is 1. The van der Waals surface area contributed by atoms with Gasteiger partial charge in [0.1, 0.15) is 17.7 Å². The van der Waals surface area contributed by atoms with Crippen LogP contribution in [0.5, 0.6) is 5.75 Å². The monoisotopic (exact) mass is 629 g/mol. The number of sulfonamides is 1. The van der Waals surface area contributed by atoms with Crippen LogP contribution in [0, 0.1) is 11.7 Å². The first-order chi connectivity index (χ1) is 19.2. The van der Waals surface area contributed by atoms with E-state index >= 15 is 0 Å². The van der Waals surface area contributed by atoms with Gasteiger partial charge in [-0.1, -0.05) is 13.0 Å². The molecule has 0 saturated carbocycles. The summed E-state index contributed by atoms with van der Waals surface area (Å²) in [5, 5.41) is 9.44. The second-order valence-corrected chi connectivity index (χ2v) is 11.9. The van der Waals surface area contributed by atoms with Crippen molar-refractivity contribution < 1.29 is 63.3 Å². The molecule has 2 aromatic carbocycles. The van der Waals surface area contributed by atoms with E-state index in [2.05, 4.69) is 4.74 Å². The topological polar surface area (TPSA) is 110 Å². The first-order valence-electron chi connectivity index (χ1n) is 12.4. The Morgan fingerprint density at radius 1 is 1.10 bits per heavy atom. The summed E-state index contributed by atoms with van der Waals surface area (Å²) in [6.45, 7) is 2.27. The fourth-order valence-electron chi connectivity index (χ4n) is 4.13. The molecule has 2 atom stereocenters. The minimum absolute atomic E-state index is 0.0222. The molecule has 3 rings (SSSR count). The van der Waals surface area contributed by atoms with Crippen LogP contribution in [0.15, 0.2) is 41.3 Å². The first-order valence-corrected chi connectivity index (χ1v) is 13.8. The number of halogens is 7. The van der Waals surface area contributed by atoms with Gasteiger partial charge in [-0.25, -0.2) is 12.8 Å². The van der Waals surface area contributed by atoms with Gasteiger partial charge in [0.05, 0.1) is 35.0 Å². The van der Waals surface area contributed by atoms with Gasteiger partial charge in [-0.05, 0) is 62.6 Å². The molecule has 0 radical (unpaired) electrons. The zero-order chi connectivity index (χ0) is 31.8. The summed E-state index contributed by atoms with van der Waals surface area (Å²) in [5.41, 5.74) is -4.98. The largest absolute Gasteiger partial charge is 0.486 e. The van der Waals surface area contributed by atoms with E-state index in [4.69, 9.17) is 4.74 Å². The van der Waals surface area contributed by atoms with E-state index in [9.17, 15) is 53.8 Å². The fraction of sp³-hybridized carbons (Fsp3) is 0.462. The number of ether oxygens (including phenoxy) is 2. The highest BCUT2D eigenvalue weighted by molar-refractivity contribution is 7.92. The number of hydrogen-bond donors (Lipinski definition) is 1. The van der Waals surface area contributed by atoms with Crippen LogP contribution in [0.4, 0.5) is 36.4 Å². The van der Waals surface area contributed by atoms with Gasteiger partial charge in [-0.2, -0.15) is 26.3 Å². The molecule has 0 bridgehead atoms. The van der Waals surface area contributed by atoms with Crippen molar-refractivity contribution in [3.63, 3.8) is 0 Å². The van der Waals surface area contributed by atoms with Gasteiger partial charge in [0.25, 0.3) is 10.0 Å². The third kappa shape index (κ3) is 7.07. The molecule has 8 nitrogen and oxygen atoms in total. The maximum atomic E-state index is 13.9. The van der Waals surface area contributed by atoms with E-state index < -0.39 is 81.2 Å². The normalized spacial score (nSPS) is 16.8. The van der Waals surface area contributed by atoms with Gasteiger partial charge in [-0.15, -0.1) is 0 Å². The number of esters is 1. The Morgan fingerprint density at radius 3 is 2.29 bits per heavy atom. The molecule has 0 saturated heterocycles. The molecule has 0 aliphatic carbocycles. The van der Waals surface area contributed by atoms with Gasteiger partial charge in [0, 0.05) is 0 Å². The molecule has 0 spiro atoms. The number of benzene rings is 2. The minimum atomic E-state index is -5.23. The van der Waals surface area contributed by atoms with E-state index in [-0.39, 0.29) is 35.9 Å². The Hall–Kier alpha value is -3.56. The molecule has 2 aromatic rings. The lowest BCUT2D eigenvalue weighted by atomic mass is 9.98. The van der Waals surface area contributed by atoms with Crippen LogP contribution < -0.4 is 9.04 Å². The molecule has 16 heteroatoms. The highest BCUT2D eigenvalue weighted by Crippen LogP contribution is 2.41. The smallest absolute Gasteiger partial charge is 0.427 e. The summed E-state index contributed by atoms with van der Waals surface area (Å²) < 4.78 is 132. The van der Waals surface area contributed by atoms with Gasteiger partial charge in [0.2, 0.25) is 5.60 Å². The summed E-state index contributed by atoms with van der Waals surface area (Å²) in [4.78, 5) is 22.9. The van der Waals surface area contributed by atoms with Gasteiger partial charge >= 0.3 is 24.3 Å². The molecule has 232 valence electrons. The Morgan fingerprint density at radius 2 is 1.74 bits per heavy atom. The van der Waals surface area contributed by atoms with Crippen molar-refractivity contribution in [2.45, 2.75) is 69.0 Å². The maximum absolute atomic E-state index is 13.9. The standard InChI is InChI=1S/C26H26F7NO7S/c1-4-15(23(36)37)11-16-13-34(42(38,39)17-6-7-19(27)18(12-17)25(28,29)30)20-9-14(5-8-21(20)40-16)10-22(35)41-24(2,3)26(31,32)33/h5-9,12,15-16H,4,10-11,13H2,1-3H3,(H,36,37)/t15-,16-/m0/s1. The molecular weight excluding hydrogens is 603 g/mol. The number of carboxylic acid groups (broad SMARTS) is 1. The summed E-state index contributed by atoms with van der Waals surface area (Å²) in [6, 6.07) is 4.57. The Bertz CT molecular complexity index is 1460. The predicted molar refractivity (Wildman–Crippen MR) is 133 cm³/mol. The van der Waals surface area contributed by atoms with Crippen LogP contribution in [0.25, 0.3) is 0 Å². The van der Waals surface area contributed by atoms with Crippen LogP contribution >= 0.6 is 0 Å². The number of fused-ring (bicyclic) bond motifs is 1. The Kier molecular flexibility index (Phi) is 9.11. The van der Waals surface area contributed by atoms with Crippen LogP contribution in [0.2, 0.25) is 0 Å². The number of rotatable bonds is 9. The lowest BCUT2D eigenvalue weighted by Gasteiger charge is -2.36. The minimum Gasteiger partial charge on any atom is -0.486 e. The van der Waals surface area contributed by atoms with Gasteiger partial charge in [0.15, 0.2) is 0 Å². The highest BCUT2D eigenvalue weighted by Gasteiger charge is 2.50. The van der Waals surface area contributed by atoms with E-state index in [1.807, 2.05) is 0 Å². The molecule has 1 aliphatic heterocycles. The third-order valence-corrected chi connectivity index (χ3v) is 8.35. The molecule has 1 aliphatic rings. The molecule has 1 heterocycles. The molecule has 0 aromatic heterocycles. The summed E-state index contributed by atoms with van der Waals surface area (Å²) >= 11 is 0. The molecule has 1 N–H and O–H groups in total. The van der Waals surface area contributed by atoms with E-state index in [1.54, 1.807) is 6.92 Å². The third-order valence-electron chi connectivity index (χ3n) is 6.58. The average Bonchev–Trinajstić information content (AvgIpc) is 2.85. The highest BCUT2D eigenvalue weighted by atomic mass is 32.2. The second-order valence-electron chi connectivity index (χ2n) is 10.1. The first kappa shape index (κ1) is 32.9. The Balaban J connectivity index is 2.06. The van der Waals surface area contributed by atoms with Crippen LogP contribution in [-0.2, 0) is 36.9 Å². The van der Waals surface area contributed by atoms with Crippen molar-refractivity contribution in [1.82, 2.24) is 0 Å². The van der Waals surface area contributed by atoms with E-state index in [0.717, 1.165) is 6.07 Å². The number of anilines is 1. The number of carbonyl (C=O) groups is 2. The molecular formula is C26H26F7NO7S. The number of hydrogen-bond acceptors (Lipinski definition) is 6. The van der Waals surface area contributed by atoms with Gasteiger partial charge in [-0.3, -0.25) is 13.9 Å². The van der Waals surface area contributed by atoms with Crippen molar-refractivity contribution >= 4 is 27.6 Å². The van der Waals surface area contributed by atoms with Crippen molar-refractivity contribution in [2.75, 3.05) is 10.8 Å². The van der Waals surface area contributed by atoms with E-state index in [1.165, 1.54) is 12.1 Å². The van der Waals surface area contributed by atoms with Gasteiger partial charge < -0.3 is 14.6 Å². The van der Waals surface area contributed by atoms with E-state index in [0.29, 0.717) is 30.3 Å². The zero-order valence-corrected chi connectivity index (χ0v) is 23.2. The summed E-state index contributed by atoms with van der Waals surface area (Å²) in [7, 11) is -4.89. The summed E-state index contributed by atoms with van der Waals surface area (Å²) in [6.07, 6.45) is -12.0. The molecule has 0 amide bonds. The molecule has 0 unspecified atom stereocenters. The maximum Gasteiger partial charge on any atom is 0.427 e. The lowest BCUT2D eigenvalue weighted by Crippen LogP contribution is -2.45. The average molecular weight is 630 g/mol. The number of carbonyl (C=O) groups excluding carboxylic acids is 1. The lowest BCUT2D eigenvalue weighted by molar-refractivity contribution is -0.257. The van der Waals surface area contributed by atoms with Crippen LogP contribution in [-0.4, -0.2) is 49.9 Å². The number of carboxylic acids is 1. The second kappa shape index (κ2) is 11.6. The quantitative estimate of drug-likeness (QED) is 0.279. The summed E-state index contributed by atoms with van der Waals surface area (Å²) in [5.74, 6) is -5.32. The van der Waals surface area contributed by atoms with Crippen molar-refractivity contribution in [2.24, 2.45) is 5.92 Å². The van der Waals surface area contributed by atoms with Crippen LogP contribution in [0.1, 0.15) is 44.7 Å². The predicted octanol–water partition coefficient (Wildman–Crippen LogP) is 5.73. The zero-order valence-electron chi connectivity index (χ0n) is 22.3. The molecule has 42 heavy (non-hydrogen) atoms. The SMILES string of the molecule is CC[C@@H](C[C@H]1CN(S(=O)(=O)c2ccc(F)c(C(F)(F)F)c2)c2cc(CC(=O)OC(C)(C)C(F)(F)F)ccc2O1)C(=O)O. The number of alkyl halides is 6. The Labute approximate surface area is 236 Å². The number of nitrogens with zero attached hydrogens (tertiary/aromatic N) is 1. The molecule has 0 fully saturated rings.